The normalized spacial score (nSPS) is 11.6. The summed E-state index contributed by atoms with van der Waals surface area (Å²) >= 11 is 12.1. The Labute approximate surface area is 169 Å². The highest BCUT2D eigenvalue weighted by atomic mass is 35.5. The first-order chi connectivity index (χ1) is 12.8. The van der Waals surface area contributed by atoms with Crippen molar-refractivity contribution in [2.45, 2.75) is 26.9 Å². The van der Waals surface area contributed by atoms with E-state index in [1.807, 2.05) is 31.2 Å². The van der Waals surface area contributed by atoms with E-state index >= 15 is 0 Å². The van der Waals surface area contributed by atoms with E-state index in [0.717, 1.165) is 5.56 Å². The molecule has 0 bridgehead atoms. The molecular formula is C20H22Cl2N2O3. The third kappa shape index (κ3) is 5.88. The van der Waals surface area contributed by atoms with Crippen LogP contribution in [0.15, 0.2) is 42.5 Å². The summed E-state index contributed by atoms with van der Waals surface area (Å²) in [6.07, 6.45) is -0.718. The maximum absolute atomic E-state index is 12.6. The van der Waals surface area contributed by atoms with Crippen molar-refractivity contribution in [3.63, 3.8) is 0 Å². The summed E-state index contributed by atoms with van der Waals surface area (Å²) in [5, 5.41) is 3.32. The third-order valence-corrected chi connectivity index (χ3v) is 4.57. The summed E-state index contributed by atoms with van der Waals surface area (Å²) in [4.78, 5) is 26.4. The molecule has 7 heteroatoms. The standard InChI is InChI=1S/C20H22Cl2N2O3/c1-4-24(12-18(25)23-19-16(21)6-5-7-17(19)22)20(26)14(3)27-15-10-8-13(2)9-11-15/h5-11,14H,4,12H2,1-3H3,(H,23,25). The first-order valence-electron chi connectivity index (χ1n) is 8.57. The number of carbonyl (C=O) groups is 2. The fraction of sp³-hybridized carbons (Fsp3) is 0.300. The van der Waals surface area contributed by atoms with Gasteiger partial charge in [-0.15, -0.1) is 0 Å². The molecule has 0 aliphatic rings. The number of nitrogens with zero attached hydrogens (tertiary/aromatic N) is 1. The summed E-state index contributed by atoms with van der Waals surface area (Å²) in [6.45, 7) is 5.67. The summed E-state index contributed by atoms with van der Waals surface area (Å²) in [6, 6.07) is 12.4. The Bertz CT molecular complexity index is 789. The minimum absolute atomic E-state index is 0.127. The van der Waals surface area contributed by atoms with Gasteiger partial charge in [-0.05, 0) is 45.0 Å². The highest BCUT2D eigenvalue weighted by molar-refractivity contribution is 6.39. The van der Waals surface area contributed by atoms with Gasteiger partial charge in [-0.3, -0.25) is 9.59 Å². The average molecular weight is 409 g/mol. The molecule has 27 heavy (non-hydrogen) atoms. The van der Waals surface area contributed by atoms with Crippen LogP contribution in [-0.2, 0) is 9.59 Å². The number of para-hydroxylation sites is 1. The molecule has 2 aromatic rings. The van der Waals surface area contributed by atoms with E-state index in [1.54, 1.807) is 32.0 Å². The molecule has 5 nitrogen and oxygen atoms in total. The van der Waals surface area contributed by atoms with E-state index < -0.39 is 6.10 Å². The van der Waals surface area contributed by atoms with Gasteiger partial charge in [0.2, 0.25) is 5.91 Å². The Morgan fingerprint density at radius 1 is 1.11 bits per heavy atom. The number of benzene rings is 2. The molecule has 0 heterocycles. The van der Waals surface area contributed by atoms with Gasteiger partial charge >= 0.3 is 0 Å². The largest absolute Gasteiger partial charge is 0.481 e. The van der Waals surface area contributed by atoms with Crippen molar-refractivity contribution in [3.05, 3.63) is 58.1 Å². The van der Waals surface area contributed by atoms with Gasteiger partial charge in [-0.2, -0.15) is 0 Å². The predicted molar refractivity (Wildman–Crippen MR) is 109 cm³/mol. The molecular weight excluding hydrogens is 387 g/mol. The predicted octanol–water partition coefficient (Wildman–Crippen LogP) is 4.56. The van der Waals surface area contributed by atoms with Gasteiger partial charge < -0.3 is 15.0 Å². The maximum atomic E-state index is 12.6. The molecule has 0 aliphatic heterocycles. The number of anilines is 1. The second kappa shape index (κ2) is 9.62. The van der Waals surface area contributed by atoms with Crippen LogP contribution in [0.3, 0.4) is 0 Å². The Balaban J connectivity index is 1.99. The van der Waals surface area contributed by atoms with Crippen LogP contribution < -0.4 is 10.1 Å². The van der Waals surface area contributed by atoms with Crippen molar-refractivity contribution in [1.29, 1.82) is 0 Å². The number of rotatable bonds is 7. The second-order valence-corrected chi connectivity index (χ2v) is 6.88. The first-order valence-corrected chi connectivity index (χ1v) is 9.33. The number of ether oxygens (including phenoxy) is 1. The zero-order valence-electron chi connectivity index (χ0n) is 15.5. The third-order valence-electron chi connectivity index (χ3n) is 3.94. The number of aryl methyl sites for hydroxylation is 1. The molecule has 0 saturated heterocycles. The first kappa shape index (κ1) is 21.1. The van der Waals surface area contributed by atoms with Crippen LogP contribution in [-0.4, -0.2) is 35.9 Å². The van der Waals surface area contributed by atoms with Crippen molar-refractivity contribution in [1.82, 2.24) is 4.90 Å². The number of hydrogen-bond acceptors (Lipinski definition) is 3. The van der Waals surface area contributed by atoms with E-state index in [9.17, 15) is 9.59 Å². The van der Waals surface area contributed by atoms with Gasteiger partial charge in [0.05, 0.1) is 22.3 Å². The van der Waals surface area contributed by atoms with Crippen LogP contribution in [0, 0.1) is 6.92 Å². The zero-order chi connectivity index (χ0) is 20.0. The lowest BCUT2D eigenvalue weighted by Crippen LogP contribution is -2.44. The van der Waals surface area contributed by atoms with Crippen LogP contribution in [0.4, 0.5) is 5.69 Å². The highest BCUT2D eigenvalue weighted by Crippen LogP contribution is 2.29. The Morgan fingerprint density at radius 2 is 1.70 bits per heavy atom. The van der Waals surface area contributed by atoms with Crippen molar-refractivity contribution >= 4 is 40.7 Å². The lowest BCUT2D eigenvalue weighted by Gasteiger charge is -2.24. The molecule has 1 atom stereocenters. The van der Waals surface area contributed by atoms with Crippen molar-refractivity contribution in [2.24, 2.45) is 0 Å². The van der Waals surface area contributed by atoms with Gasteiger partial charge in [-0.25, -0.2) is 0 Å². The summed E-state index contributed by atoms with van der Waals surface area (Å²) in [5.74, 6) is -0.0639. The number of carbonyl (C=O) groups excluding carboxylic acids is 2. The van der Waals surface area contributed by atoms with Gasteiger partial charge in [0.15, 0.2) is 6.10 Å². The fourth-order valence-corrected chi connectivity index (χ4v) is 2.94. The summed E-state index contributed by atoms with van der Waals surface area (Å²) in [7, 11) is 0. The highest BCUT2D eigenvalue weighted by Gasteiger charge is 2.23. The molecule has 1 unspecified atom stereocenters. The van der Waals surface area contributed by atoms with Gasteiger partial charge in [0.1, 0.15) is 5.75 Å². The molecule has 0 radical (unpaired) electrons. The van der Waals surface area contributed by atoms with E-state index in [-0.39, 0.29) is 18.4 Å². The van der Waals surface area contributed by atoms with Crippen LogP contribution >= 0.6 is 23.2 Å². The Morgan fingerprint density at radius 3 is 2.26 bits per heavy atom. The number of halogens is 2. The number of nitrogens with one attached hydrogen (secondary N) is 1. The van der Waals surface area contributed by atoms with Gasteiger partial charge in [0.25, 0.3) is 5.91 Å². The lowest BCUT2D eigenvalue weighted by atomic mass is 10.2. The molecule has 144 valence electrons. The molecule has 1 N–H and O–H groups in total. The Hall–Kier alpha value is -2.24. The van der Waals surface area contributed by atoms with E-state index in [0.29, 0.717) is 28.0 Å². The molecule has 0 aliphatic carbocycles. The molecule has 0 aromatic heterocycles. The van der Waals surface area contributed by atoms with E-state index in [4.69, 9.17) is 27.9 Å². The Kier molecular flexibility index (Phi) is 7.51. The number of hydrogen-bond donors (Lipinski definition) is 1. The topological polar surface area (TPSA) is 58.6 Å². The van der Waals surface area contributed by atoms with Crippen LogP contribution in [0.25, 0.3) is 0 Å². The smallest absolute Gasteiger partial charge is 0.263 e. The maximum Gasteiger partial charge on any atom is 0.263 e. The van der Waals surface area contributed by atoms with Gasteiger partial charge in [0, 0.05) is 6.54 Å². The quantitative estimate of drug-likeness (QED) is 0.730. The number of amides is 2. The molecule has 0 saturated carbocycles. The monoisotopic (exact) mass is 408 g/mol. The van der Waals surface area contributed by atoms with Crippen molar-refractivity contribution < 1.29 is 14.3 Å². The van der Waals surface area contributed by atoms with Crippen LogP contribution in [0.1, 0.15) is 19.4 Å². The zero-order valence-corrected chi connectivity index (χ0v) is 17.0. The second-order valence-electron chi connectivity index (χ2n) is 6.07. The molecule has 2 amide bonds. The van der Waals surface area contributed by atoms with Crippen molar-refractivity contribution in [2.75, 3.05) is 18.4 Å². The summed E-state index contributed by atoms with van der Waals surface area (Å²) < 4.78 is 5.69. The summed E-state index contributed by atoms with van der Waals surface area (Å²) in [5.41, 5.74) is 1.43. The molecule has 2 aromatic carbocycles. The fourth-order valence-electron chi connectivity index (χ4n) is 2.44. The lowest BCUT2D eigenvalue weighted by molar-refractivity contribution is -0.140. The minimum Gasteiger partial charge on any atom is -0.481 e. The minimum atomic E-state index is -0.718. The molecule has 0 spiro atoms. The molecule has 2 rings (SSSR count). The van der Waals surface area contributed by atoms with Crippen molar-refractivity contribution in [3.8, 4) is 5.75 Å². The van der Waals surface area contributed by atoms with E-state index in [2.05, 4.69) is 5.32 Å². The molecule has 0 fully saturated rings. The average Bonchev–Trinajstić information content (AvgIpc) is 2.64. The SMILES string of the molecule is CCN(CC(=O)Nc1c(Cl)cccc1Cl)C(=O)C(C)Oc1ccc(C)cc1. The van der Waals surface area contributed by atoms with E-state index in [1.165, 1.54) is 4.90 Å². The van der Waals surface area contributed by atoms with Crippen LogP contribution in [0.5, 0.6) is 5.75 Å². The van der Waals surface area contributed by atoms with Gasteiger partial charge in [-0.1, -0.05) is 47.0 Å². The van der Waals surface area contributed by atoms with Crippen LogP contribution in [0.2, 0.25) is 10.0 Å². The number of likely N-dealkylation sites (N-methyl/N-ethyl adjacent to an activating group) is 1.